The van der Waals surface area contributed by atoms with Crippen LogP contribution in [0.2, 0.25) is 0 Å². The third kappa shape index (κ3) is 3.33. The Balaban J connectivity index is 1.53. The van der Waals surface area contributed by atoms with Crippen molar-refractivity contribution < 1.29 is 9.47 Å². The second-order valence-electron chi connectivity index (χ2n) is 6.26. The van der Waals surface area contributed by atoms with Crippen molar-refractivity contribution >= 4 is 5.69 Å². The van der Waals surface area contributed by atoms with Crippen LogP contribution >= 0.6 is 0 Å². The summed E-state index contributed by atoms with van der Waals surface area (Å²) in [6.07, 6.45) is 8.86. The van der Waals surface area contributed by atoms with Gasteiger partial charge in [-0.3, -0.25) is 0 Å². The number of nitrogen functional groups attached to an aromatic ring is 1. The maximum absolute atomic E-state index is 6.12. The molecule has 110 valence electrons. The Labute approximate surface area is 121 Å². The van der Waals surface area contributed by atoms with Gasteiger partial charge in [0.05, 0.1) is 18.3 Å². The summed E-state index contributed by atoms with van der Waals surface area (Å²) in [4.78, 5) is 0. The van der Waals surface area contributed by atoms with E-state index in [4.69, 9.17) is 15.2 Å². The van der Waals surface area contributed by atoms with E-state index in [0.717, 1.165) is 25.1 Å². The zero-order valence-corrected chi connectivity index (χ0v) is 12.1. The van der Waals surface area contributed by atoms with Crippen molar-refractivity contribution in [2.24, 2.45) is 0 Å². The minimum Gasteiger partial charge on any atom is -0.399 e. The second kappa shape index (κ2) is 6.15. The van der Waals surface area contributed by atoms with Crippen molar-refractivity contribution in [2.75, 3.05) is 12.3 Å². The van der Waals surface area contributed by atoms with Gasteiger partial charge in [0.2, 0.25) is 0 Å². The number of hydrogen-bond donors (Lipinski definition) is 1. The summed E-state index contributed by atoms with van der Waals surface area (Å²) < 4.78 is 12.2. The van der Waals surface area contributed by atoms with Crippen LogP contribution in [-0.4, -0.2) is 18.3 Å². The van der Waals surface area contributed by atoms with E-state index in [-0.39, 0.29) is 5.60 Å². The quantitative estimate of drug-likeness (QED) is 0.856. The van der Waals surface area contributed by atoms with Crippen molar-refractivity contribution in [1.29, 1.82) is 0 Å². The molecular formula is C17H25NO2. The van der Waals surface area contributed by atoms with E-state index in [1.54, 1.807) is 0 Å². The van der Waals surface area contributed by atoms with Crippen LogP contribution in [0.3, 0.4) is 0 Å². The summed E-state index contributed by atoms with van der Waals surface area (Å²) in [7, 11) is 0. The number of anilines is 1. The Morgan fingerprint density at radius 1 is 1.15 bits per heavy atom. The SMILES string of the molecule is Nc1ccc(COC2CCOC3(CCCCC3)C2)cc1. The van der Waals surface area contributed by atoms with Crippen molar-refractivity contribution in [3.05, 3.63) is 29.8 Å². The molecule has 3 nitrogen and oxygen atoms in total. The van der Waals surface area contributed by atoms with Crippen LogP contribution in [-0.2, 0) is 16.1 Å². The first-order chi connectivity index (χ1) is 9.76. The van der Waals surface area contributed by atoms with Crippen LogP contribution in [0.5, 0.6) is 0 Å². The summed E-state index contributed by atoms with van der Waals surface area (Å²) in [5.74, 6) is 0. The zero-order chi connectivity index (χ0) is 13.8. The molecule has 1 atom stereocenters. The lowest BCUT2D eigenvalue weighted by Gasteiger charge is -2.43. The topological polar surface area (TPSA) is 44.5 Å². The van der Waals surface area contributed by atoms with Gasteiger partial charge in [-0.05, 0) is 37.0 Å². The van der Waals surface area contributed by atoms with E-state index in [1.807, 2.05) is 24.3 Å². The summed E-state index contributed by atoms with van der Waals surface area (Å²) in [6, 6.07) is 7.96. The van der Waals surface area contributed by atoms with Gasteiger partial charge in [-0.25, -0.2) is 0 Å². The molecule has 2 N–H and O–H groups in total. The monoisotopic (exact) mass is 275 g/mol. The van der Waals surface area contributed by atoms with Crippen LogP contribution in [0.25, 0.3) is 0 Å². The molecule has 2 aliphatic rings. The highest BCUT2D eigenvalue weighted by Crippen LogP contribution is 2.39. The van der Waals surface area contributed by atoms with Crippen molar-refractivity contribution in [1.82, 2.24) is 0 Å². The Hall–Kier alpha value is -1.06. The lowest BCUT2D eigenvalue weighted by Crippen LogP contribution is -2.44. The first-order valence-electron chi connectivity index (χ1n) is 7.86. The smallest absolute Gasteiger partial charge is 0.0720 e. The average molecular weight is 275 g/mol. The normalized spacial score (nSPS) is 25.7. The Bertz CT molecular complexity index is 418. The average Bonchev–Trinajstić information content (AvgIpc) is 2.48. The molecule has 1 spiro atoms. The Morgan fingerprint density at radius 3 is 2.65 bits per heavy atom. The van der Waals surface area contributed by atoms with Gasteiger partial charge in [0.25, 0.3) is 0 Å². The molecule has 3 rings (SSSR count). The lowest BCUT2D eigenvalue weighted by molar-refractivity contribution is -0.151. The number of benzene rings is 1. The van der Waals surface area contributed by atoms with Crippen LogP contribution in [0.1, 0.15) is 50.5 Å². The summed E-state index contributed by atoms with van der Waals surface area (Å²) in [6.45, 7) is 1.54. The molecular weight excluding hydrogens is 250 g/mol. The van der Waals surface area contributed by atoms with E-state index < -0.39 is 0 Å². The molecule has 0 bridgehead atoms. The molecule has 1 aliphatic carbocycles. The number of rotatable bonds is 3. The second-order valence-corrected chi connectivity index (χ2v) is 6.26. The summed E-state index contributed by atoms with van der Waals surface area (Å²) >= 11 is 0. The maximum Gasteiger partial charge on any atom is 0.0720 e. The molecule has 0 aromatic heterocycles. The van der Waals surface area contributed by atoms with Crippen LogP contribution in [0.15, 0.2) is 24.3 Å². The maximum atomic E-state index is 6.12. The Kier molecular flexibility index (Phi) is 4.27. The van der Waals surface area contributed by atoms with Gasteiger partial charge in [0, 0.05) is 18.7 Å². The van der Waals surface area contributed by atoms with E-state index >= 15 is 0 Å². The lowest BCUT2D eigenvalue weighted by atomic mass is 9.79. The van der Waals surface area contributed by atoms with Crippen LogP contribution < -0.4 is 5.73 Å². The highest BCUT2D eigenvalue weighted by atomic mass is 16.5. The molecule has 1 aromatic rings. The third-order valence-electron chi connectivity index (χ3n) is 4.68. The largest absolute Gasteiger partial charge is 0.399 e. The Morgan fingerprint density at radius 2 is 1.90 bits per heavy atom. The molecule has 1 aliphatic heterocycles. The molecule has 1 aromatic carbocycles. The molecule has 1 heterocycles. The predicted molar refractivity (Wildman–Crippen MR) is 80.4 cm³/mol. The minimum atomic E-state index is 0.127. The third-order valence-corrected chi connectivity index (χ3v) is 4.68. The summed E-state index contributed by atoms with van der Waals surface area (Å²) in [5, 5.41) is 0. The first-order valence-corrected chi connectivity index (χ1v) is 7.86. The van der Waals surface area contributed by atoms with Gasteiger partial charge < -0.3 is 15.2 Å². The van der Waals surface area contributed by atoms with Gasteiger partial charge in [-0.2, -0.15) is 0 Å². The van der Waals surface area contributed by atoms with Crippen molar-refractivity contribution in [2.45, 2.75) is 63.3 Å². The van der Waals surface area contributed by atoms with Gasteiger partial charge in [0.15, 0.2) is 0 Å². The molecule has 2 fully saturated rings. The molecule has 0 radical (unpaired) electrons. The van der Waals surface area contributed by atoms with Crippen LogP contribution in [0.4, 0.5) is 5.69 Å². The van der Waals surface area contributed by atoms with Gasteiger partial charge in [0.1, 0.15) is 0 Å². The first kappa shape index (κ1) is 13.9. The molecule has 1 saturated carbocycles. The fraction of sp³-hybridized carbons (Fsp3) is 0.647. The van der Waals surface area contributed by atoms with Crippen molar-refractivity contribution in [3.8, 4) is 0 Å². The number of ether oxygens (including phenoxy) is 2. The van der Waals surface area contributed by atoms with Gasteiger partial charge in [-0.15, -0.1) is 0 Å². The zero-order valence-electron chi connectivity index (χ0n) is 12.1. The molecule has 1 saturated heterocycles. The fourth-order valence-electron chi connectivity index (χ4n) is 3.50. The standard InChI is InChI=1S/C17H25NO2/c18-15-6-4-14(5-7-15)13-19-16-8-11-20-17(12-16)9-2-1-3-10-17/h4-7,16H,1-3,8-13,18H2. The van der Waals surface area contributed by atoms with E-state index in [1.165, 1.54) is 37.7 Å². The van der Waals surface area contributed by atoms with Crippen LogP contribution in [0, 0.1) is 0 Å². The number of hydrogen-bond acceptors (Lipinski definition) is 3. The molecule has 3 heteroatoms. The van der Waals surface area contributed by atoms with Gasteiger partial charge in [-0.1, -0.05) is 31.4 Å². The summed E-state index contributed by atoms with van der Waals surface area (Å²) in [5.41, 5.74) is 7.83. The van der Waals surface area contributed by atoms with E-state index in [2.05, 4.69) is 0 Å². The van der Waals surface area contributed by atoms with Gasteiger partial charge >= 0.3 is 0 Å². The van der Waals surface area contributed by atoms with Crippen molar-refractivity contribution in [3.63, 3.8) is 0 Å². The highest BCUT2D eigenvalue weighted by Gasteiger charge is 2.38. The molecule has 0 amide bonds. The highest BCUT2D eigenvalue weighted by molar-refractivity contribution is 5.39. The predicted octanol–water partition coefficient (Wildman–Crippen LogP) is 3.67. The van der Waals surface area contributed by atoms with E-state index in [0.29, 0.717) is 12.7 Å². The fourth-order valence-corrected chi connectivity index (χ4v) is 3.50. The number of nitrogens with two attached hydrogens (primary N) is 1. The minimum absolute atomic E-state index is 0.127. The van der Waals surface area contributed by atoms with E-state index in [9.17, 15) is 0 Å². The molecule has 20 heavy (non-hydrogen) atoms. The molecule has 1 unspecified atom stereocenters.